The van der Waals surface area contributed by atoms with Crippen molar-refractivity contribution in [2.24, 2.45) is 0 Å². The molecular formula is C14H14N4O2. The van der Waals surface area contributed by atoms with E-state index >= 15 is 0 Å². The summed E-state index contributed by atoms with van der Waals surface area (Å²) in [4.78, 5) is 16.1. The molecule has 0 unspecified atom stereocenters. The zero-order chi connectivity index (χ0) is 13.9. The Morgan fingerprint density at radius 2 is 2.25 bits per heavy atom. The number of rotatable bonds is 4. The van der Waals surface area contributed by atoms with Crippen LogP contribution in [0.1, 0.15) is 12.2 Å². The van der Waals surface area contributed by atoms with Gasteiger partial charge < -0.3 is 14.4 Å². The summed E-state index contributed by atoms with van der Waals surface area (Å²) < 4.78 is 6.85. The Morgan fingerprint density at radius 3 is 3.05 bits per heavy atom. The number of amides is 1. The van der Waals surface area contributed by atoms with E-state index in [1.807, 2.05) is 28.8 Å². The number of nitrogens with zero attached hydrogens (tertiary/aromatic N) is 3. The lowest BCUT2D eigenvalue weighted by atomic mass is 10.3. The molecule has 1 N–H and O–H groups in total. The highest BCUT2D eigenvalue weighted by atomic mass is 16.5. The molecule has 0 aliphatic carbocycles. The van der Waals surface area contributed by atoms with Gasteiger partial charge in [0.25, 0.3) is 0 Å². The van der Waals surface area contributed by atoms with Gasteiger partial charge in [-0.05, 0) is 19.1 Å². The van der Waals surface area contributed by atoms with Gasteiger partial charge in [0.1, 0.15) is 5.76 Å². The number of aromatic nitrogens is 3. The normalized spacial score (nSPS) is 10.8. The quantitative estimate of drug-likeness (QED) is 0.789. The summed E-state index contributed by atoms with van der Waals surface area (Å²) in [6.45, 7) is 2.35. The maximum Gasteiger partial charge on any atom is 0.227 e. The van der Waals surface area contributed by atoms with E-state index in [1.54, 1.807) is 19.3 Å². The van der Waals surface area contributed by atoms with Gasteiger partial charge >= 0.3 is 0 Å². The van der Waals surface area contributed by atoms with Crippen molar-refractivity contribution in [3.05, 3.63) is 42.4 Å². The summed E-state index contributed by atoms with van der Waals surface area (Å²) in [6.07, 6.45) is 2.10. The van der Waals surface area contributed by atoms with Crippen LogP contribution in [0, 0.1) is 6.92 Å². The lowest BCUT2D eigenvalue weighted by molar-refractivity contribution is -0.116. The minimum atomic E-state index is -0.101. The fourth-order valence-corrected chi connectivity index (χ4v) is 2.04. The first kappa shape index (κ1) is 12.4. The highest BCUT2D eigenvalue weighted by Gasteiger charge is 2.07. The van der Waals surface area contributed by atoms with E-state index in [0.29, 0.717) is 24.5 Å². The molecule has 20 heavy (non-hydrogen) atoms. The molecule has 3 rings (SSSR count). The molecule has 102 valence electrons. The highest BCUT2D eigenvalue weighted by molar-refractivity contribution is 5.89. The minimum absolute atomic E-state index is 0.101. The Morgan fingerprint density at radius 1 is 1.40 bits per heavy atom. The molecule has 0 fully saturated rings. The number of imidazole rings is 1. The molecule has 0 spiro atoms. The van der Waals surface area contributed by atoms with Crippen molar-refractivity contribution in [2.75, 3.05) is 5.32 Å². The Balaban J connectivity index is 1.63. The van der Waals surface area contributed by atoms with Crippen LogP contribution < -0.4 is 5.32 Å². The summed E-state index contributed by atoms with van der Waals surface area (Å²) in [5, 5.41) is 6.42. The third-order valence-electron chi connectivity index (χ3n) is 3.00. The van der Waals surface area contributed by atoms with Crippen molar-refractivity contribution in [1.29, 1.82) is 0 Å². The van der Waals surface area contributed by atoms with Gasteiger partial charge in [0, 0.05) is 19.0 Å². The summed E-state index contributed by atoms with van der Waals surface area (Å²) >= 11 is 0. The number of para-hydroxylation sites is 2. The molecule has 6 nitrogen and oxygen atoms in total. The van der Waals surface area contributed by atoms with Crippen LogP contribution in [-0.4, -0.2) is 20.6 Å². The summed E-state index contributed by atoms with van der Waals surface area (Å²) in [6, 6.07) is 9.52. The van der Waals surface area contributed by atoms with Crippen LogP contribution in [0.2, 0.25) is 0 Å². The number of nitrogens with one attached hydrogen (secondary N) is 1. The first-order chi connectivity index (χ1) is 9.72. The van der Waals surface area contributed by atoms with Gasteiger partial charge in [0.2, 0.25) is 5.91 Å². The monoisotopic (exact) mass is 270 g/mol. The largest absolute Gasteiger partial charge is 0.360 e. The van der Waals surface area contributed by atoms with Crippen LogP contribution >= 0.6 is 0 Å². The predicted octanol–water partition coefficient (Wildman–Crippen LogP) is 2.36. The number of anilines is 1. The molecule has 0 saturated carbocycles. The molecule has 0 radical (unpaired) electrons. The van der Waals surface area contributed by atoms with Crippen molar-refractivity contribution >= 4 is 22.8 Å². The Labute approximate surface area is 115 Å². The standard InChI is InChI=1S/C14H14N4O2/c1-10-8-13(17-20-10)16-14(19)6-7-18-9-15-11-4-2-3-5-12(11)18/h2-5,8-9H,6-7H2,1H3,(H,16,17,19). The van der Waals surface area contributed by atoms with E-state index in [0.717, 1.165) is 11.0 Å². The molecule has 1 aromatic carbocycles. The van der Waals surface area contributed by atoms with Crippen molar-refractivity contribution < 1.29 is 9.32 Å². The molecule has 0 aliphatic heterocycles. The number of benzene rings is 1. The van der Waals surface area contributed by atoms with Crippen LogP contribution in [-0.2, 0) is 11.3 Å². The average molecular weight is 270 g/mol. The number of carbonyl (C=O) groups excluding carboxylic acids is 1. The molecule has 2 heterocycles. The molecular weight excluding hydrogens is 256 g/mol. The third kappa shape index (κ3) is 2.54. The second-order valence-corrected chi connectivity index (χ2v) is 4.55. The van der Waals surface area contributed by atoms with Gasteiger partial charge in [0.15, 0.2) is 5.82 Å². The Bertz CT molecular complexity index is 744. The van der Waals surface area contributed by atoms with E-state index < -0.39 is 0 Å². The van der Waals surface area contributed by atoms with E-state index in [-0.39, 0.29) is 5.91 Å². The lowest BCUT2D eigenvalue weighted by Crippen LogP contribution is -2.14. The zero-order valence-corrected chi connectivity index (χ0v) is 11.0. The molecule has 0 aliphatic rings. The first-order valence-electron chi connectivity index (χ1n) is 6.35. The first-order valence-corrected chi connectivity index (χ1v) is 6.35. The van der Waals surface area contributed by atoms with Gasteiger partial charge in [-0.2, -0.15) is 0 Å². The van der Waals surface area contributed by atoms with Crippen molar-refractivity contribution in [3.8, 4) is 0 Å². The third-order valence-corrected chi connectivity index (χ3v) is 3.00. The Kier molecular flexibility index (Phi) is 3.20. The number of carbonyl (C=O) groups is 1. The molecule has 0 atom stereocenters. The van der Waals surface area contributed by atoms with E-state index in [1.165, 1.54) is 0 Å². The molecule has 3 aromatic rings. The van der Waals surface area contributed by atoms with E-state index in [4.69, 9.17) is 4.52 Å². The van der Waals surface area contributed by atoms with Gasteiger partial charge in [-0.15, -0.1) is 0 Å². The van der Waals surface area contributed by atoms with Crippen LogP contribution in [0.15, 0.2) is 41.2 Å². The van der Waals surface area contributed by atoms with Crippen molar-refractivity contribution in [2.45, 2.75) is 19.9 Å². The van der Waals surface area contributed by atoms with Crippen LogP contribution in [0.25, 0.3) is 11.0 Å². The second-order valence-electron chi connectivity index (χ2n) is 4.55. The average Bonchev–Trinajstić information content (AvgIpc) is 3.03. The lowest BCUT2D eigenvalue weighted by Gasteiger charge is -2.04. The molecule has 1 amide bonds. The van der Waals surface area contributed by atoms with Crippen molar-refractivity contribution in [3.63, 3.8) is 0 Å². The number of hydrogen-bond acceptors (Lipinski definition) is 4. The van der Waals surface area contributed by atoms with Gasteiger partial charge in [0.05, 0.1) is 17.4 Å². The van der Waals surface area contributed by atoms with Crippen LogP contribution in [0.5, 0.6) is 0 Å². The maximum atomic E-state index is 11.8. The van der Waals surface area contributed by atoms with Gasteiger partial charge in [-0.3, -0.25) is 4.79 Å². The topological polar surface area (TPSA) is 73.0 Å². The number of hydrogen-bond donors (Lipinski definition) is 1. The van der Waals surface area contributed by atoms with Gasteiger partial charge in [-0.25, -0.2) is 4.98 Å². The second kappa shape index (κ2) is 5.16. The van der Waals surface area contributed by atoms with E-state index in [2.05, 4.69) is 15.5 Å². The van der Waals surface area contributed by atoms with Gasteiger partial charge in [-0.1, -0.05) is 17.3 Å². The smallest absolute Gasteiger partial charge is 0.227 e. The summed E-state index contributed by atoms with van der Waals surface area (Å²) in [7, 11) is 0. The Hall–Kier alpha value is -2.63. The minimum Gasteiger partial charge on any atom is -0.360 e. The van der Waals surface area contributed by atoms with Crippen LogP contribution in [0.4, 0.5) is 5.82 Å². The summed E-state index contributed by atoms with van der Waals surface area (Å²) in [5.74, 6) is 1.01. The molecule has 0 saturated heterocycles. The molecule has 6 heteroatoms. The molecule has 2 aromatic heterocycles. The number of aryl methyl sites for hydroxylation is 2. The predicted molar refractivity (Wildman–Crippen MR) is 74.2 cm³/mol. The highest BCUT2D eigenvalue weighted by Crippen LogP contribution is 2.12. The van der Waals surface area contributed by atoms with Crippen LogP contribution in [0.3, 0.4) is 0 Å². The SMILES string of the molecule is Cc1cc(NC(=O)CCn2cnc3ccccc32)no1. The summed E-state index contributed by atoms with van der Waals surface area (Å²) in [5.41, 5.74) is 1.96. The fourth-order valence-electron chi connectivity index (χ4n) is 2.04. The number of fused-ring (bicyclic) bond motifs is 1. The maximum absolute atomic E-state index is 11.8. The zero-order valence-electron chi connectivity index (χ0n) is 11.0. The fraction of sp³-hybridized carbons (Fsp3) is 0.214. The van der Waals surface area contributed by atoms with Crippen molar-refractivity contribution in [1.82, 2.24) is 14.7 Å². The molecule has 0 bridgehead atoms. The van der Waals surface area contributed by atoms with E-state index in [9.17, 15) is 4.79 Å².